The van der Waals surface area contributed by atoms with Gasteiger partial charge in [-0.3, -0.25) is 0 Å². The lowest BCUT2D eigenvalue weighted by Crippen LogP contribution is -2.26. The molecule has 0 aliphatic rings. The van der Waals surface area contributed by atoms with E-state index in [1.807, 2.05) is 14.1 Å². The molecule has 0 radical (unpaired) electrons. The Bertz CT molecular complexity index is 380. The zero-order chi connectivity index (χ0) is 13.0. The lowest BCUT2D eigenvalue weighted by Gasteiger charge is -2.21. The Labute approximate surface area is 102 Å². The largest absolute Gasteiger partial charge is 0.496 e. The number of benzene rings is 1. The average Bonchev–Trinajstić information content (AvgIpc) is 2.29. The first-order valence-electron chi connectivity index (χ1n) is 5.56. The SMILES string of the molecule is COc1cc(OC)c(CC(C)N(C)C)cc1F. The number of likely N-dealkylation sites (N-methyl/N-ethyl adjacent to an activating group) is 1. The molecule has 0 spiro atoms. The van der Waals surface area contributed by atoms with Crippen LogP contribution in [0.2, 0.25) is 0 Å². The Morgan fingerprint density at radius 2 is 1.76 bits per heavy atom. The summed E-state index contributed by atoms with van der Waals surface area (Å²) in [6.07, 6.45) is 0.733. The number of hydrogen-bond donors (Lipinski definition) is 0. The maximum Gasteiger partial charge on any atom is 0.165 e. The van der Waals surface area contributed by atoms with E-state index in [0.29, 0.717) is 11.8 Å². The fourth-order valence-corrected chi connectivity index (χ4v) is 1.58. The smallest absolute Gasteiger partial charge is 0.165 e. The molecule has 96 valence electrons. The van der Waals surface area contributed by atoms with Crippen LogP contribution in [0.25, 0.3) is 0 Å². The van der Waals surface area contributed by atoms with E-state index in [-0.39, 0.29) is 11.6 Å². The van der Waals surface area contributed by atoms with Crippen molar-refractivity contribution in [3.05, 3.63) is 23.5 Å². The van der Waals surface area contributed by atoms with Gasteiger partial charge >= 0.3 is 0 Å². The van der Waals surface area contributed by atoms with Crippen LogP contribution in [0.15, 0.2) is 12.1 Å². The highest BCUT2D eigenvalue weighted by Gasteiger charge is 2.14. The molecule has 0 amide bonds. The van der Waals surface area contributed by atoms with Gasteiger partial charge in [-0.15, -0.1) is 0 Å². The van der Waals surface area contributed by atoms with E-state index in [4.69, 9.17) is 9.47 Å². The van der Waals surface area contributed by atoms with Crippen LogP contribution in [0.5, 0.6) is 11.5 Å². The fourth-order valence-electron chi connectivity index (χ4n) is 1.58. The van der Waals surface area contributed by atoms with Crippen LogP contribution < -0.4 is 9.47 Å². The Morgan fingerprint density at radius 3 is 2.24 bits per heavy atom. The molecule has 0 saturated carbocycles. The van der Waals surface area contributed by atoms with E-state index in [2.05, 4.69) is 11.8 Å². The molecule has 0 aliphatic carbocycles. The van der Waals surface area contributed by atoms with Crippen LogP contribution in [0.4, 0.5) is 4.39 Å². The Kier molecular flexibility index (Phi) is 4.75. The van der Waals surface area contributed by atoms with Gasteiger partial charge in [-0.25, -0.2) is 4.39 Å². The number of methoxy groups -OCH3 is 2. The van der Waals surface area contributed by atoms with Gasteiger partial charge in [0.2, 0.25) is 0 Å². The second-order valence-electron chi connectivity index (χ2n) is 4.32. The van der Waals surface area contributed by atoms with Crippen molar-refractivity contribution >= 4 is 0 Å². The number of rotatable bonds is 5. The second-order valence-corrected chi connectivity index (χ2v) is 4.32. The van der Waals surface area contributed by atoms with Crippen LogP contribution in [-0.4, -0.2) is 39.3 Å². The summed E-state index contributed by atoms with van der Waals surface area (Å²) in [5, 5.41) is 0. The summed E-state index contributed by atoms with van der Waals surface area (Å²) in [6.45, 7) is 2.08. The zero-order valence-corrected chi connectivity index (χ0v) is 11.1. The molecule has 3 nitrogen and oxygen atoms in total. The summed E-state index contributed by atoms with van der Waals surface area (Å²) < 4.78 is 23.8. The van der Waals surface area contributed by atoms with Gasteiger partial charge in [0.15, 0.2) is 11.6 Å². The molecule has 0 N–H and O–H groups in total. The Balaban J connectivity index is 3.02. The Morgan fingerprint density at radius 1 is 1.18 bits per heavy atom. The predicted octanol–water partition coefficient (Wildman–Crippen LogP) is 2.34. The summed E-state index contributed by atoms with van der Waals surface area (Å²) in [5.41, 5.74) is 0.854. The van der Waals surface area contributed by atoms with Crippen LogP contribution in [0.1, 0.15) is 12.5 Å². The van der Waals surface area contributed by atoms with Gasteiger partial charge < -0.3 is 14.4 Å². The normalized spacial score (nSPS) is 12.6. The Hall–Kier alpha value is -1.29. The van der Waals surface area contributed by atoms with E-state index in [9.17, 15) is 4.39 Å². The van der Waals surface area contributed by atoms with E-state index >= 15 is 0 Å². The number of halogens is 1. The van der Waals surface area contributed by atoms with E-state index in [1.54, 1.807) is 13.2 Å². The third-order valence-electron chi connectivity index (χ3n) is 2.95. The molecule has 0 aromatic heterocycles. The van der Waals surface area contributed by atoms with Gasteiger partial charge in [-0.2, -0.15) is 0 Å². The summed E-state index contributed by atoms with van der Waals surface area (Å²) in [4.78, 5) is 2.08. The molecule has 0 saturated heterocycles. The molecule has 1 unspecified atom stereocenters. The summed E-state index contributed by atoms with van der Waals surface area (Å²) >= 11 is 0. The van der Waals surface area contributed by atoms with Gasteiger partial charge in [0.05, 0.1) is 14.2 Å². The van der Waals surface area contributed by atoms with Gasteiger partial charge in [0.25, 0.3) is 0 Å². The minimum Gasteiger partial charge on any atom is -0.496 e. The highest BCUT2D eigenvalue weighted by atomic mass is 19.1. The summed E-state index contributed by atoms with van der Waals surface area (Å²) in [5.74, 6) is 0.523. The molecule has 0 fully saturated rings. The molecule has 1 rings (SSSR count). The van der Waals surface area contributed by atoms with Crippen molar-refractivity contribution in [1.82, 2.24) is 4.90 Å². The third kappa shape index (κ3) is 3.33. The van der Waals surface area contributed by atoms with Crippen LogP contribution in [0, 0.1) is 5.82 Å². The molecular weight excluding hydrogens is 221 g/mol. The van der Waals surface area contributed by atoms with E-state index in [0.717, 1.165) is 12.0 Å². The zero-order valence-electron chi connectivity index (χ0n) is 11.1. The molecule has 1 aromatic rings. The van der Waals surface area contributed by atoms with Crippen molar-refractivity contribution in [2.24, 2.45) is 0 Å². The maximum atomic E-state index is 13.6. The number of nitrogens with zero attached hydrogens (tertiary/aromatic N) is 1. The first kappa shape index (κ1) is 13.8. The minimum absolute atomic E-state index is 0.211. The molecular formula is C13H20FNO2. The van der Waals surface area contributed by atoms with E-state index in [1.165, 1.54) is 13.2 Å². The molecule has 1 aromatic carbocycles. The van der Waals surface area contributed by atoms with Crippen molar-refractivity contribution in [3.8, 4) is 11.5 Å². The number of ether oxygens (including phenoxy) is 2. The first-order chi connectivity index (χ1) is 7.99. The van der Waals surface area contributed by atoms with Gasteiger partial charge in [0.1, 0.15) is 5.75 Å². The van der Waals surface area contributed by atoms with Crippen molar-refractivity contribution in [2.45, 2.75) is 19.4 Å². The first-order valence-corrected chi connectivity index (χ1v) is 5.56. The highest BCUT2D eigenvalue weighted by molar-refractivity contribution is 5.42. The van der Waals surface area contributed by atoms with Crippen molar-refractivity contribution in [1.29, 1.82) is 0 Å². The molecule has 0 aliphatic heterocycles. The molecule has 1 atom stereocenters. The minimum atomic E-state index is -0.353. The van der Waals surface area contributed by atoms with Crippen molar-refractivity contribution < 1.29 is 13.9 Å². The summed E-state index contributed by atoms with van der Waals surface area (Å²) in [6, 6.07) is 3.39. The molecule has 17 heavy (non-hydrogen) atoms. The van der Waals surface area contributed by atoms with Gasteiger partial charge in [-0.1, -0.05) is 0 Å². The lowest BCUT2D eigenvalue weighted by atomic mass is 10.0. The monoisotopic (exact) mass is 241 g/mol. The van der Waals surface area contributed by atoms with Crippen LogP contribution in [0.3, 0.4) is 0 Å². The summed E-state index contributed by atoms with van der Waals surface area (Å²) in [7, 11) is 7.02. The average molecular weight is 241 g/mol. The third-order valence-corrected chi connectivity index (χ3v) is 2.95. The molecule has 0 heterocycles. The van der Waals surface area contributed by atoms with Gasteiger partial charge in [-0.05, 0) is 39.1 Å². The lowest BCUT2D eigenvalue weighted by molar-refractivity contribution is 0.307. The van der Waals surface area contributed by atoms with Crippen molar-refractivity contribution in [3.63, 3.8) is 0 Å². The standard InChI is InChI=1S/C13H20FNO2/c1-9(15(2)3)6-10-7-11(14)13(17-5)8-12(10)16-4/h7-9H,6H2,1-5H3. The van der Waals surface area contributed by atoms with Crippen LogP contribution in [-0.2, 0) is 6.42 Å². The molecule has 4 heteroatoms. The maximum absolute atomic E-state index is 13.6. The highest BCUT2D eigenvalue weighted by Crippen LogP contribution is 2.29. The fraction of sp³-hybridized carbons (Fsp3) is 0.538. The number of hydrogen-bond acceptors (Lipinski definition) is 3. The van der Waals surface area contributed by atoms with Crippen LogP contribution >= 0.6 is 0 Å². The van der Waals surface area contributed by atoms with E-state index < -0.39 is 0 Å². The second kappa shape index (κ2) is 5.87. The topological polar surface area (TPSA) is 21.7 Å². The quantitative estimate of drug-likeness (QED) is 0.789. The predicted molar refractivity (Wildman–Crippen MR) is 66.4 cm³/mol. The van der Waals surface area contributed by atoms with Crippen molar-refractivity contribution in [2.75, 3.05) is 28.3 Å². The van der Waals surface area contributed by atoms with Gasteiger partial charge in [0, 0.05) is 12.1 Å². The molecule has 0 bridgehead atoms.